The molecule has 0 heterocycles. The van der Waals surface area contributed by atoms with Crippen LogP contribution in [0, 0.1) is 0 Å². The number of carbonyl (C=O) groups is 1. The molecule has 3 heteroatoms. The molecule has 3 nitrogen and oxygen atoms in total. The molecule has 0 spiro atoms. The van der Waals surface area contributed by atoms with Gasteiger partial charge in [0, 0.05) is 6.54 Å². The van der Waals surface area contributed by atoms with Crippen LogP contribution in [0.25, 0.3) is 0 Å². The molecule has 1 N–H and O–H groups in total. The number of rotatable bonds is 5. The van der Waals surface area contributed by atoms with Crippen LogP contribution < -0.4 is 5.32 Å². The molecule has 94 valence electrons. The molecule has 17 heavy (non-hydrogen) atoms. The van der Waals surface area contributed by atoms with Crippen molar-refractivity contribution < 1.29 is 9.53 Å². The van der Waals surface area contributed by atoms with Gasteiger partial charge in [-0.2, -0.15) is 0 Å². The van der Waals surface area contributed by atoms with Crippen molar-refractivity contribution in [2.45, 2.75) is 39.3 Å². The summed E-state index contributed by atoms with van der Waals surface area (Å²) in [5, 5.41) is 3.23. The zero-order valence-electron chi connectivity index (χ0n) is 11.0. The van der Waals surface area contributed by atoms with Crippen molar-refractivity contribution in [1.82, 2.24) is 5.32 Å². The first kappa shape index (κ1) is 13.7. The number of nitrogens with one attached hydrogen (secondary N) is 1. The summed E-state index contributed by atoms with van der Waals surface area (Å²) in [6, 6.07) is 8.25. The zero-order valence-corrected chi connectivity index (χ0v) is 11.0. The summed E-state index contributed by atoms with van der Waals surface area (Å²) < 4.78 is 4.76. The number of aryl methyl sites for hydroxylation is 1. The second-order valence-electron chi connectivity index (χ2n) is 4.59. The second kappa shape index (κ2) is 5.82. The SMILES string of the molecule is CCc1ccccc1CNC(C)(C)C(=O)OC. The van der Waals surface area contributed by atoms with Gasteiger partial charge in [-0.25, -0.2) is 0 Å². The van der Waals surface area contributed by atoms with Crippen LogP contribution in [0.3, 0.4) is 0 Å². The van der Waals surface area contributed by atoms with Crippen LogP contribution in [-0.4, -0.2) is 18.6 Å². The van der Waals surface area contributed by atoms with Crippen LogP contribution in [0.5, 0.6) is 0 Å². The highest BCUT2D eigenvalue weighted by Gasteiger charge is 2.27. The highest BCUT2D eigenvalue weighted by Crippen LogP contribution is 2.12. The molecule has 0 bridgehead atoms. The predicted molar refractivity (Wildman–Crippen MR) is 68.8 cm³/mol. The number of benzene rings is 1. The number of methoxy groups -OCH3 is 1. The Morgan fingerprint density at radius 2 is 1.88 bits per heavy atom. The smallest absolute Gasteiger partial charge is 0.325 e. The maximum absolute atomic E-state index is 11.5. The standard InChI is InChI=1S/C14H21NO2/c1-5-11-8-6-7-9-12(11)10-15-14(2,3)13(16)17-4/h6-9,15H,5,10H2,1-4H3. The number of esters is 1. The van der Waals surface area contributed by atoms with Gasteiger partial charge in [0.05, 0.1) is 7.11 Å². The van der Waals surface area contributed by atoms with Gasteiger partial charge >= 0.3 is 5.97 Å². The van der Waals surface area contributed by atoms with Gasteiger partial charge in [0.15, 0.2) is 0 Å². The van der Waals surface area contributed by atoms with Crippen molar-refractivity contribution in [3.05, 3.63) is 35.4 Å². The van der Waals surface area contributed by atoms with Gasteiger partial charge in [-0.3, -0.25) is 10.1 Å². The number of carbonyl (C=O) groups excluding carboxylic acids is 1. The van der Waals surface area contributed by atoms with Gasteiger partial charge in [-0.15, -0.1) is 0 Å². The summed E-state index contributed by atoms with van der Waals surface area (Å²) in [6.07, 6.45) is 0.997. The Bertz CT molecular complexity index is 386. The lowest BCUT2D eigenvalue weighted by atomic mass is 10.0. The molecule has 0 aliphatic rings. The van der Waals surface area contributed by atoms with Gasteiger partial charge in [-0.05, 0) is 31.4 Å². The van der Waals surface area contributed by atoms with E-state index in [2.05, 4.69) is 24.4 Å². The molecular formula is C14H21NO2. The lowest BCUT2D eigenvalue weighted by molar-refractivity contribution is -0.147. The maximum Gasteiger partial charge on any atom is 0.325 e. The van der Waals surface area contributed by atoms with Crippen molar-refractivity contribution in [1.29, 1.82) is 0 Å². The van der Waals surface area contributed by atoms with Crippen LogP contribution in [-0.2, 0) is 22.5 Å². The number of hydrogen-bond donors (Lipinski definition) is 1. The summed E-state index contributed by atoms with van der Waals surface area (Å²) in [5.74, 6) is -0.244. The summed E-state index contributed by atoms with van der Waals surface area (Å²) in [6.45, 7) is 6.46. The Hall–Kier alpha value is -1.35. The van der Waals surface area contributed by atoms with Crippen LogP contribution >= 0.6 is 0 Å². The fourth-order valence-electron chi connectivity index (χ4n) is 1.72. The Morgan fingerprint density at radius 1 is 1.29 bits per heavy atom. The quantitative estimate of drug-likeness (QED) is 0.796. The average Bonchev–Trinajstić information content (AvgIpc) is 2.35. The summed E-state index contributed by atoms with van der Waals surface area (Å²) in [4.78, 5) is 11.5. The molecule has 0 saturated heterocycles. The van der Waals surface area contributed by atoms with Crippen LogP contribution in [0.15, 0.2) is 24.3 Å². The van der Waals surface area contributed by atoms with Crippen molar-refractivity contribution in [2.24, 2.45) is 0 Å². The first-order valence-electron chi connectivity index (χ1n) is 5.91. The molecule has 0 aliphatic heterocycles. The molecule has 0 amide bonds. The minimum atomic E-state index is -0.657. The normalized spacial score (nSPS) is 11.3. The average molecular weight is 235 g/mol. The molecule has 1 aromatic rings. The fourth-order valence-corrected chi connectivity index (χ4v) is 1.72. The van der Waals surface area contributed by atoms with E-state index in [0.29, 0.717) is 6.54 Å². The minimum Gasteiger partial charge on any atom is -0.468 e. The number of ether oxygens (including phenoxy) is 1. The minimum absolute atomic E-state index is 0.244. The molecule has 1 aromatic carbocycles. The highest BCUT2D eigenvalue weighted by molar-refractivity contribution is 5.79. The fraction of sp³-hybridized carbons (Fsp3) is 0.500. The molecule has 0 aromatic heterocycles. The van der Waals surface area contributed by atoms with Crippen molar-refractivity contribution in [2.75, 3.05) is 7.11 Å². The van der Waals surface area contributed by atoms with Crippen LogP contribution in [0.1, 0.15) is 31.9 Å². The predicted octanol–water partition coefficient (Wildman–Crippen LogP) is 2.29. The molecule has 0 aliphatic carbocycles. The lowest BCUT2D eigenvalue weighted by Crippen LogP contribution is -2.47. The first-order valence-corrected chi connectivity index (χ1v) is 5.91. The molecule has 0 fully saturated rings. The first-order chi connectivity index (χ1) is 8.01. The molecule has 0 saturated carbocycles. The van der Waals surface area contributed by atoms with E-state index in [0.717, 1.165) is 6.42 Å². The Labute approximate surface area is 103 Å². The van der Waals surface area contributed by atoms with Gasteiger partial charge in [0.25, 0.3) is 0 Å². The van der Waals surface area contributed by atoms with Crippen molar-refractivity contribution in [3.63, 3.8) is 0 Å². The summed E-state index contributed by atoms with van der Waals surface area (Å²) >= 11 is 0. The van der Waals surface area contributed by atoms with E-state index in [1.165, 1.54) is 18.2 Å². The van der Waals surface area contributed by atoms with E-state index in [1.54, 1.807) is 0 Å². The van der Waals surface area contributed by atoms with E-state index in [4.69, 9.17) is 4.74 Å². The topological polar surface area (TPSA) is 38.3 Å². The molecule has 0 unspecified atom stereocenters. The largest absolute Gasteiger partial charge is 0.468 e. The molecule has 0 atom stereocenters. The van der Waals surface area contributed by atoms with E-state index in [1.807, 2.05) is 26.0 Å². The summed E-state index contributed by atoms with van der Waals surface area (Å²) in [7, 11) is 1.41. The van der Waals surface area contributed by atoms with Gasteiger partial charge in [-0.1, -0.05) is 31.2 Å². The zero-order chi connectivity index (χ0) is 12.9. The monoisotopic (exact) mass is 235 g/mol. The van der Waals surface area contributed by atoms with E-state index in [-0.39, 0.29) is 5.97 Å². The van der Waals surface area contributed by atoms with Crippen LogP contribution in [0.2, 0.25) is 0 Å². The van der Waals surface area contributed by atoms with Gasteiger partial charge in [0.2, 0.25) is 0 Å². The Balaban J connectivity index is 2.70. The Kier molecular flexibility index (Phi) is 4.70. The van der Waals surface area contributed by atoms with Crippen molar-refractivity contribution in [3.8, 4) is 0 Å². The van der Waals surface area contributed by atoms with E-state index < -0.39 is 5.54 Å². The van der Waals surface area contributed by atoms with E-state index in [9.17, 15) is 4.79 Å². The third kappa shape index (κ3) is 3.56. The van der Waals surface area contributed by atoms with Crippen molar-refractivity contribution >= 4 is 5.97 Å². The second-order valence-corrected chi connectivity index (χ2v) is 4.59. The molecule has 1 rings (SSSR count). The number of hydrogen-bond acceptors (Lipinski definition) is 3. The lowest BCUT2D eigenvalue weighted by Gasteiger charge is -2.23. The Morgan fingerprint density at radius 3 is 2.41 bits per heavy atom. The maximum atomic E-state index is 11.5. The molecule has 0 radical (unpaired) electrons. The van der Waals surface area contributed by atoms with E-state index >= 15 is 0 Å². The third-order valence-corrected chi connectivity index (χ3v) is 2.92. The third-order valence-electron chi connectivity index (χ3n) is 2.92. The molecular weight excluding hydrogens is 214 g/mol. The summed E-state index contributed by atoms with van der Waals surface area (Å²) in [5.41, 5.74) is 1.88. The van der Waals surface area contributed by atoms with Crippen LogP contribution in [0.4, 0.5) is 0 Å². The highest BCUT2D eigenvalue weighted by atomic mass is 16.5. The van der Waals surface area contributed by atoms with Gasteiger partial charge < -0.3 is 4.74 Å². The van der Waals surface area contributed by atoms with Gasteiger partial charge in [0.1, 0.15) is 5.54 Å².